The predicted octanol–water partition coefficient (Wildman–Crippen LogP) is 4.85. The largest absolute Gasteiger partial charge is 0.493 e. The zero-order valence-corrected chi connectivity index (χ0v) is 16.3. The van der Waals surface area contributed by atoms with Crippen molar-refractivity contribution < 1.29 is 14.6 Å². The Bertz CT molecular complexity index is 1120. The van der Waals surface area contributed by atoms with E-state index in [0.717, 1.165) is 44.9 Å². The smallest absolute Gasteiger partial charge is 0.307 e. The number of aromatic nitrogens is 2. The monoisotopic (exact) mass is 392 g/mol. The average Bonchev–Trinajstić information content (AvgIpc) is 3.26. The molecule has 2 aromatic carbocycles. The van der Waals surface area contributed by atoms with Gasteiger partial charge in [-0.1, -0.05) is 30.3 Å². The Labute approximate surface area is 166 Å². The number of hydrogen-bond acceptors (Lipinski definition) is 4. The number of nitrogens with one attached hydrogen (secondary N) is 1. The van der Waals surface area contributed by atoms with Crippen LogP contribution in [-0.2, 0) is 17.6 Å². The molecular formula is C22H20N2O3S. The Morgan fingerprint density at radius 1 is 1.21 bits per heavy atom. The van der Waals surface area contributed by atoms with Crippen LogP contribution in [0.1, 0.15) is 16.1 Å². The van der Waals surface area contributed by atoms with Gasteiger partial charge in [-0.05, 0) is 24.6 Å². The molecular weight excluding hydrogens is 372 g/mol. The van der Waals surface area contributed by atoms with Crippen molar-refractivity contribution in [3.63, 3.8) is 0 Å². The van der Waals surface area contributed by atoms with E-state index in [0.29, 0.717) is 6.61 Å². The molecule has 0 aliphatic carbocycles. The number of carboxylic acid groups (broad SMARTS) is 1. The van der Waals surface area contributed by atoms with E-state index in [2.05, 4.69) is 24.0 Å². The lowest BCUT2D eigenvalue weighted by Gasteiger charge is -2.06. The fourth-order valence-corrected chi connectivity index (χ4v) is 4.16. The molecule has 6 heteroatoms. The van der Waals surface area contributed by atoms with Gasteiger partial charge in [0.1, 0.15) is 10.8 Å². The van der Waals surface area contributed by atoms with Gasteiger partial charge < -0.3 is 14.8 Å². The van der Waals surface area contributed by atoms with Crippen LogP contribution in [0.15, 0.2) is 54.7 Å². The van der Waals surface area contributed by atoms with E-state index in [1.54, 1.807) is 17.5 Å². The number of benzene rings is 2. The number of fused-ring (bicyclic) bond motifs is 1. The number of H-pyrrole nitrogens is 1. The molecule has 0 amide bonds. The topological polar surface area (TPSA) is 75.2 Å². The first-order chi connectivity index (χ1) is 13.6. The normalized spacial score (nSPS) is 11.0. The van der Waals surface area contributed by atoms with Crippen molar-refractivity contribution in [3.05, 3.63) is 70.9 Å². The zero-order chi connectivity index (χ0) is 19.5. The first-order valence-electron chi connectivity index (χ1n) is 9.06. The quantitative estimate of drug-likeness (QED) is 0.471. The second-order valence-electron chi connectivity index (χ2n) is 6.58. The Balaban J connectivity index is 1.41. The minimum Gasteiger partial charge on any atom is -0.493 e. The summed E-state index contributed by atoms with van der Waals surface area (Å²) in [4.78, 5) is 20.0. The van der Waals surface area contributed by atoms with Crippen molar-refractivity contribution in [2.75, 3.05) is 6.61 Å². The van der Waals surface area contributed by atoms with Crippen LogP contribution in [0.3, 0.4) is 0 Å². The number of aryl methyl sites for hydroxylation is 1. The summed E-state index contributed by atoms with van der Waals surface area (Å²) in [5.74, 6) is -0.0814. The summed E-state index contributed by atoms with van der Waals surface area (Å²) in [7, 11) is 0. The second-order valence-corrected chi connectivity index (χ2v) is 7.78. The van der Waals surface area contributed by atoms with Gasteiger partial charge in [0.15, 0.2) is 0 Å². The zero-order valence-electron chi connectivity index (χ0n) is 15.4. The average molecular weight is 392 g/mol. The molecule has 4 rings (SSSR count). The first kappa shape index (κ1) is 18.3. The van der Waals surface area contributed by atoms with Gasteiger partial charge in [-0.15, -0.1) is 11.3 Å². The molecule has 0 spiro atoms. The third kappa shape index (κ3) is 3.92. The number of carboxylic acids is 1. The summed E-state index contributed by atoms with van der Waals surface area (Å²) in [6, 6.07) is 15.9. The first-order valence-corrected chi connectivity index (χ1v) is 9.88. The Morgan fingerprint density at radius 2 is 2.04 bits per heavy atom. The van der Waals surface area contributed by atoms with Gasteiger partial charge in [0.2, 0.25) is 0 Å². The van der Waals surface area contributed by atoms with Crippen LogP contribution < -0.4 is 4.74 Å². The number of nitrogens with zero attached hydrogens (tertiary/aromatic N) is 1. The Morgan fingerprint density at radius 3 is 2.82 bits per heavy atom. The van der Waals surface area contributed by atoms with E-state index in [1.807, 2.05) is 36.4 Å². The summed E-state index contributed by atoms with van der Waals surface area (Å²) < 4.78 is 5.91. The van der Waals surface area contributed by atoms with Crippen LogP contribution in [0.5, 0.6) is 5.75 Å². The lowest BCUT2D eigenvalue weighted by Crippen LogP contribution is -2.02. The third-order valence-corrected chi connectivity index (χ3v) is 5.66. The fraction of sp³-hybridized carbons (Fsp3) is 0.182. The van der Waals surface area contributed by atoms with Crippen molar-refractivity contribution >= 4 is 28.2 Å². The maximum atomic E-state index is 10.9. The molecule has 0 fully saturated rings. The molecule has 2 aromatic heterocycles. The van der Waals surface area contributed by atoms with Crippen LogP contribution in [-0.4, -0.2) is 27.7 Å². The minimum absolute atomic E-state index is 0.00700. The summed E-state index contributed by atoms with van der Waals surface area (Å²) >= 11 is 1.70. The van der Waals surface area contributed by atoms with Crippen molar-refractivity contribution in [3.8, 4) is 16.3 Å². The number of rotatable bonds is 7. The molecule has 5 nitrogen and oxygen atoms in total. The number of ether oxygens (including phenoxy) is 1. The SMILES string of the molecule is Cc1sc(-c2ccccc2)nc1CCOc1ccc2c(CC(=O)O)c[nH]c2c1. The van der Waals surface area contributed by atoms with E-state index in [4.69, 9.17) is 14.8 Å². The second kappa shape index (κ2) is 7.86. The highest BCUT2D eigenvalue weighted by atomic mass is 32.1. The molecule has 0 aliphatic heterocycles. The molecule has 4 aromatic rings. The van der Waals surface area contributed by atoms with E-state index in [9.17, 15) is 4.79 Å². The van der Waals surface area contributed by atoms with Gasteiger partial charge in [0, 0.05) is 40.0 Å². The molecule has 2 N–H and O–H groups in total. The molecule has 0 saturated carbocycles. The van der Waals surface area contributed by atoms with Crippen LogP contribution in [0.2, 0.25) is 0 Å². The van der Waals surface area contributed by atoms with Gasteiger partial charge >= 0.3 is 5.97 Å². The number of aliphatic carboxylic acids is 1. The van der Waals surface area contributed by atoms with Gasteiger partial charge in [-0.2, -0.15) is 0 Å². The Kier molecular flexibility index (Phi) is 5.12. The third-order valence-electron chi connectivity index (χ3n) is 4.60. The summed E-state index contributed by atoms with van der Waals surface area (Å²) in [6.45, 7) is 2.63. The van der Waals surface area contributed by atoms with Crippen LogP contribution in [0.25, 0.3) is 21.5 Å². The lowest BCUT2D eigenvalue weighted by atomic mass is 10.1. The predicted molar refractivity (Wildman–Crippen MR) is 111 cm³/mol. The standard InChI is InChI=1S/C22H20N2O3S/c1-14-19(24-22(28-14)15-5-3-2-4-6-15)9-10-27-17-7-8-18-16(11-21(25)26)13-23-20(18)12-17/h2-8,12-13,23H,9-11H2,1H3,(H,25,26). The van der Waals surface area contributed by atoms with Gasteiger partial charge in [-0.3, -0.25) is 4.79 Å². The lowest BCUT2D eigenvalue weighted by molar-refractivity contribution is -0.136. The van der Waals surface area contributed by atoms with E-state index in [-0.39, 0.29) is 6.42 Å². The van der Waals surface area contributed by atoms with E-state index < -0.39 is 5.97 Å². The maximum Gasteiger partial charge on any atom is 0.307 e. The van der Waals surface area contributed by atoms with Crippen molar-refractivity contribution in [2.45, 2.75) is 19.8 Å². The molecule has 2 heterocycles. The fourth-order valence-electron chi connectivity index (χ4n) is 3.19. The van der Waals surface area contributed by atoms with Crippen LogP contribution >= 0.6 is 11.3 Å². The summed E-state index contributed by atoms with van der Waals surface area (Å²) in [5.41, 5.74) is 3.86. The van der Waals surface area contributed by atoms with Gasteiger partial charge in [0.25, 0.3) is 0 Å². The van der Waals surface area contributed by atoms with Crippen molar-refractivity contribution in [2.24, 2.45) is 0 Å². The number of thiazole rings is 1. The van der Waals surface area contributed by atoms with Gasteiger partial charge in [0.05, 0.1) is 18.7 Å². The van der Waals surface area contributed by atoms with Crippen LogP contribution in [0, 0.1) is 6.92 Å². The molecule has 0 bridgehead atoms. The molecule has 0 saturated heterocycles. The van der Waals surface area contributed by atoms with E-state index >= 15 is 0 Å². The highest BCUT2D eigenvalue weighted by molar-refractivity contribution is 7.15. The van der Waals surface area contributed by atoms with Crippen molar-refractivity contribution in [1.29, 1.82) is 0 Å². The molecule has 0 unspecified atom stereocenters. The minimum atomic E-state index is -0.838. The molecule has 0 aliphatic rings. The molecule has 0 atom stereocenters. The Hall–Kier alpha value is -3.12. The van der Waals surface area contributed by atoms with E-state index in [1.165, 1.54) is 4.88 Å². The number of aromatic amines is 1. The van der Waals surface area contributed by atoms with Crippen LogP contribution in [0.4, 0.5) is 0 Å². The maximum absolute atomic E-state index is 10.9. The highest BCUT2D eigenvalue weighted by Crippen LogP contribution is 2.28. The summed E-state index contributed by atoms with van der Waals surface area (Å²) in [6.07, 6.45) is 2.49. The number of hydrogen-bond donors (Lipinski definition) is 2. The molecule has 142 valence electrons. The molecule has 28 heavy (non-hydrogen) atoms. The number of carbonyl (C=O) groups is 1. The molecule has 0 radical (unpaired) electrons. The highest BCUT2D eigenvalue weighted by Gasteiger charge is 2.11. The van der Waals surface area contributed by atoms with Crippen molar-refractivity contribution in [1.82, 2.24) is 9.97 Å². The summed E-state index contributed by atoms with van der Waals surface area (Å²) in [5, 5.41) is 10.9. The van der Waals surface area contributed by atoms with Gasteiger partial charge in [-0.25, -0.2) is 4.98 Å².